The molecule has 1 aliphatic rings. The number of benzene rings is 1. The Morgan fingerprint density at radius 1 is 1.29 bits per heavy atom. The number of hydrogen-bond acceptors (Lipinski definition) is 4. The van der Waals surface area contributed by atoms with E-state index >= 15 is 0 Å². The highest BCUT2D eigenvalue weighted by Crippen LogP contribution is 2.49. The number of rotatable bonds is 6. The van der Waals surface area contributed by atoms with Crippen molar-refractivity contribution in [2.75, 3.05) is 13.6 Å². The third kappa shape index (κ3) is 4.25. The molecule has 5 N–H and O–H groups in total. The first-order valence-corrected chi connectivity index (χ1v) is 10.2. The standard InChI is InChI=1S/C23H34ClN3O/c1-15(2)6-7-16(3)21-20(19-9-8-18(24)12-17(19)4)10-11-22(25,14-28)23(21,26)13-27-5/h6-9,12,14,20-21,27H,10-11,13,25-26H2,1-5H3/b16-7+. The Kier molecular flexibility index (Phi) is 7.27. The summed E-state index contributed by atoms with van der Waals surface area (Å²) in [6.45, 7) is 8.75. The maximum Gasteiger partial charge on any atom is 0.141 e. The van der Waals surface area contributed by atoms with Gasteiger partial charge in [0.05, 0.1) is 11.1 Å². The van der Waals surface area contributed by atoms with Gasteiger partial charge in [0.2, 0.25) is 0 Å². The summed E-state index contributed by atoms with van der Waals surface area (Å²) in [5, 5.41) is 3.91. The monoisotopic (exact) mass is 403 g/mol. The number of nitrogens with two attached hydrogens (primary N) is 2. The van der Waals surface area contributed by atoms with Crippen LogP contribution in [0.1, 0.15) is 50.7 Å². The first-order chi connectivity index (χ1) is 13.1. The zero-order valence-electron chi connectivity index (χ0n) is 17.7. The number of likely N-dealkylation sites (N-methyl/N-ethyl adjacent to an activating group) is 1. The molecule has 0 aliphatic heterocycles. The lowest BCUT2D eigenvalue weighted by Crippen LogP contribution is -2.76. The van der Waals surface area contributed by atoms with E-state index in [1.807, 2.05) is 19.2 Å². The first-order valence-electron chi connectivity index (χ1n) is 9.86. The van der Waals surface area contributed by atoms with Crippen molar-refractivity contribution < 1.29 is 4.79 Å². The van der Waals surface area contributed by atoms with Gasteiger partial charge >= 0.3 is 0 Å². The van der Waals surface area contributed by atoms with E-state index < -0.39 is 11.1 Å². The van der Waals surface area contributed by atoms with E-state index in [0.717, 1.165) is 28.9 Å². The van der Waals surface area contributed by atoms with Gasteiger partial charge < -0.3 is 21.6 Å². The highest BCUT2D eigenvalue weighted by atomic mass is 35.5. The molecule has 4 unspecified atom stereocenters. The van der Waals surface area contributed by atoms with E-state index in [9.17, 15) is 4.79 Å². The first kappa shape index (κ1) is 22.8. The quantitative estimate of drug-likeness (QED) is 0.497. The van der Waals surface area contributed by atoms with Crippen LogP contribution in [0.5, 0.6) is 0 Å². The van der Waals surface area contributed by atoms with E-state index in [0.29, 0.717) is 13.0 Å². The zero-order chi connectivity index (χ0) is 21.1. The van der Waals surface area contributed by atoms with Crippen LogP contribution in [0.4, 0.5) is 0 Å². The van der Waals surface area contributed by atoms with Gasteiger partial charge in [-0.1, -0.05) is 41.0 Å². The Morgan fingerprint density at radius 3 is 2.50 bits per heavy atom. The summed E-state index contributed by atoms with van der Waals surface area (Å²) >= 11 is 6.19. The smallest absolute Gasteiger partial charge is 0.141 e. The van der Waals surface area contributed by atoms with Crippen molar-refractivity contribution in [2.45, 2.75) is 57.5 Å². The number of aldehydes is 1. The minimum Gasteiger partial charge on any atom is -0.322 e. The summed E-state index contributed by atoms with van der Waals surface area (Å²) in [5.41, 5.74) is 16.3. The lowest BCUT2D eigenvalue weighted by Gasteiger charge is -2.55. The Hall–Kier alpha value is -1.46. The Morgan fingerprint density at radius 2 is 1.96 bits per heavy atom. The van der Waals surface area contributed by atoms with Crippen molar-refractivity contribution in [1.82, 2.24) is 5.32 Å². The van der Waals surface area contributed by atoms with E-state index in [1.54, 1.807) is 0 Å². The summed E-state index contributed by atoms with van der Waals surface area (Å²) < 4.78 is 0. The number of allylic oxidation sites excluding steroid dienone is 3. The number of carbonyl (C=O) groups excluding carboxylic acids is 1. The molecule has 0 saturated heterocycles. The van der Waals surface area contributed by atoms with Crippen LogP contribution in [0, 0.1) is 12.8 Å². The number of halogens is 1. The average molecular weight is 404 g/mol. The summed E-state index contributed by atoms with van der Waals surface area (Å²) in [4.78, 5) is 12.1. The summed E-state index contributed by atoms with van der Waals surface area (Å²) in [5.74, 6) is 0.0772. The lowest BCUT2D eigenvalue weighted by molar-refractivity contribution is -0.117. The van der Waals surface area contributed by atoms with Crippen LogP contribution < -0.4 is 16.8 Å². The van der Waals surface area contributed by atoms with Crippen molar-refractivity contribution >= 4 is 17.9 Å². The van der Waals surface area contributed by atoms with Crippen LogP contribution in [0.25, 0.3) is 0 Å². The topological polar surface area (TPSA) is 81.1 Å². The van der Waals surface area contributed by atoms with Gasteiger partial charge in [0, 0.05) is 17.5 Å². The second-order valence-corrected chi connectivity index (χ2v) is 8.94. The maximum atomic E-state index is 12.1. The third-order valence-electron chi connectivity index (χ3n) is 6.17. The van der Waals surface area contributed by atoms with Crippen molar-refractivity contribution in [3.8, 4) is 0 Å². The van der Waals surface area contributed by atoms with Gasteiger partial charge in [0.25, 0.3) is 0 Å². The van der Waals surface area contributed by atoms with Crippen LogP contribution in [0.2, 0.25) is 5.02 Å². The van der Waals surface area contributed by atoms with E-state index in [4.69, 9.17) is 23.1 Å². The van der Waals surface area contributed by atoms with Crippen LogP contribution in [0.15, 0.2) is 41.5 Å². The molecule has 28 heavy (non-hydrogen) atoms. The Bertz CT molecular complexity index is 784. The van der Waals surface area contributed by atoms with Crippen molar-refractivity contribution in [3.05, 3.63) is 57.6 Å². The predicted molar refractivity (Wildman–Crippen MR) is 119 cm³/mol. The fourth-order valence-corrected chi connectivity index (χ4v) is 4.92. The van der Waals surface area contributed by atoms with E-state index in [1.165, 1.54) is 11.1 Å². The molecule has 1 saturated carbocycles. The summed E-state index contributed by atoms with van der Waals surface area (Å²) in [7, 11) is 1.85. The molecule has 1 aromatic rings. The SMILES string of the molecule is CNCC1(N)C(/C(C)=C/C=C(C)C)C(c2ccc(Cl)cc2C)CCC1(N)C=O. The number of hydrogen-bond donors (Lipinski definition) is 3. The molecule has 1 fully saturated rings. The minimum absolute atomic E-state index is 0.0839. The van der Waals surface area contributed by atoms with Crippen LogP contribution in [-0.2, 0) is 4.79 Å². The molecule has 0 radical (unpaired) electrons. The molecule has 4 nitrogen and oxygen atoms in total. The Labute approximate surface area is 174 Å². The van der Waals surface area contributed by atoms with Gasteiger partial charge in [0.1, 0.15) is 6.29 Å². The largest absolute Gasteiger partial charge is 0.322 e. The van der Waals surface area contributed by atoms with Gasteiger partial charge in [-0.15, -0.1) is 0 Å². The average Bonchev–Trinajstić information content (AvgIpc) is 2.62. The second-order valence-electron chi connectivity index (χ2n) is 8.51. The fourth-order valence-electron chi connectivity index (χ4n) is 4.69. The van der Waals surface area contributed by atoms with E-state index in [2.05, 4.69) is 51.2 Å². The van der Waals surface area contributed by atoms with Crippen molar-refractivity contribution in [1.29, 1.82) is 0 Å². The van der Waals surface area contributed by atoms with Gasteiger partial charge in [-0.3, -0.25) is 0 Å². The molecular weight excluding hydrogens is 370 g/mol. The Balaban J connectivity index is 2.69. The maximum absolute atomic E-state index is 12.1. The highest BCUT2D eigenvalue weighted by molar-refractivity contribution is 6.30. The van der Waals surface area contributed by atoms with Crippen LogP contribution in [-0.4, -0.2) is 31.0 Å². The summed E-state index contributed by atoms with van der Waals surface area (Å²) in [6, 6.07) is 6.01. The van der Waals surface area contributed by atoms with Gasteiger partial charge in [-0.05, 0) is 76.8 Å². The molecule has 0 amide bonds. The molecule has 1 aliphatic carbocycles. The third-order valence-corrected chi connectivity index (χ3v) is 6.41. The molecule has 5 heteroatoms. The van der Waals surface area contributed by atoms with Crippen LogP contribution >= 0.6 is 11.6 Å². The zero-order valence-corrected chi connectivity index (χ0v) is 18.4. The predicted octanol–water partition coefficient (Wildman–Crippen LogP) is 3.87. The normalized spacial score (nSPS) is 30.8. The fraction of sp³-hybridized carbons (Fsp3) is 0.522. The van der Waals surface area contributed by atoms with Gasteiger partial charge in [0.15, 0.2) is 0 Å². The molecule has 1 aromatic carbocycles. The molecule has 0 spiro atoms. The van der Waals surface area contributed by atoms with Crippen molar-refractivity contribution in [3.63, 3.8) is 0 Å². The van der Waals surface area contributed by atoms with Crippen LogP contribution in [0.3, 0.4) is 0 Å². The molecule has 0 bridgehead atoms. The molecule has 154 valence electrons. The van der Waals surface area contributed by atoms with Gasteiger partial charge in [-0.25, -0.2) is 0 Å². The number of aryl methyl sites for hydroxylation is 1. The second kappa shape index (κ2) is 8.91. The van der Waals surface area contributed by atoms with Crippen molar-refractivity contribution in [2.24, 2.45) is 17.4 Å². The molecule has 0 heterocycles. The highest BCUT2D eigenvalue weighted by Gasteiger charge is 2.57. The molecule has 4 atom stereocenters. The summed E-state index contributed by atoms with van der Waals surface area (Å²) in [6.07, 6.45) is 6.41. The van der Waals surface area contributed by atoms with E-state index in [-0.39, 0.29) is 11.8 Å². The minimum atomic E-state index is -1.09. The van der Waals surface area contributed by atoms with Gasteiger partial charge in [-0.2, -0.15) is 0 Å². The number of carbonyl (C=O) groups is 1. The lowest BCUT2D eigenvalue weighted by atomic mass is 9.55. The molecular formula is C23H34ClN3O. The molecule has 2 rings (SSSR count). The molecule has 0 aromatic heterocycles. The number of nitrogens with one attached hydrogen (secondary N) is 1.